The first-order chi connectivity index (χ1) is 5.79. The zero-order valence-corrected chi connectivity index (χ0v) is 6.57. The highest BCUT2D eigenvalue weighted by Gasteiger charge is 2.21. The van der Waals surface area contributed by atoms with Crippen LogP contribution >= 0.6 is 0 Å². The third-order valence-corrected chi connectivity index (χ3v) is 2.05. The van der Waals surface area contributed by atoms with Crippen molar-refractivity contribution in [1.82, 2.24) is 0 Å². The van der Waals surface area contributed by atoms with Crippen molar-refractivity contribution in [1.29, 1.82) is 0 Å². The van der Waals surface area contributed by atoms with Gasteiger partial charge in [-0.05, 0) is 17.7 Å². The lowest BCUT2D eigenvalue weighted by Gasteiger charge is -2.11. The number of aliphatic hydroxyl groups excluding tert-OH is 1. The quantitative estimate of drug-likeness (QED) is 0.534. The molecule has 0 bridgehead atoms. The highest BCUT2D eigenvalue weighted by molar-refractivity contribution is 6.05. The zero-order valence-electron chi connectivity index (χ0n) is 6.57. The molecule has 0 amide bonds. The molecule has 3 N–H and O–H groups in total. The summed E-state index contributed by atoms with van der Waals surface area (Å²) >= 11 is 0. The molecule has 0 saturated heterocycles. The second-order valence-corrected chi connectivity index (χ2v) is 2.85. The van der Waals surface area contributed by atoms with E-state index in [2.05, 4.69) is 0 Å². The minimum absolute atomic E-state index is 0.535. The first-order valence-electron chi connectivity index (χ1n) is 3.87. The molecule has 0 saturated carbocycles. The van der Waals surface area contributed by atoms with Gasteiger partial charge in [0.25, 0.3) is 0 Å². The van der Waals surface area contributed by atoms with Gasteiger partial charge in [-0.25, -0.2) is 0 Å². The Bertz CT molecular complexity index is 355. The second kappa shape index (κ2) is 2.57. The smallest absolute Gasteiger partial charge is 0.213 e. The fourth-order valence-corrected chi connectivity index (χ4v) is 1.36. The van der Waals surface area contributed by atoms with Crippen molar-refractivity contribution in [2.24, 2.45) is 0 Å². The van der Waals surface area contributed by atoms with Crippen molar-refractivity contribution in [3.8, 4) is 0 Å². The monoisotopic (exact) mass is 160 g/mol. The Morgan fingerprint density at radius 1 is 1.25 bits per heavy atom. The molecule has 2 nitrogen and oxygen atoms in total. The summed E-state index contributed by atoms with van der Waals surface area (Å²) in [7, 11) is 0. The molecule has 1 atom stereocenters. The summed E-state index contributed by atoms with van der Waals surface area (Å²) in [6, 6.07) is 7.76. The van der Waals surface area contributed by atoms with E-state index in [-0.39, 0.29) is 0 Å². The van der Waals surface area contributed by atoms with E-state index in [1.165, 1.54) is 0 Å². The third kappa shape index (κ3) is 0.970. The lowest BCUT2D eigenvalue weighted by Crippen LogP contribution is -2.48. The van der Waals surface area contributed by atoms with E-state index < -0.39 is 6.10 Å². The van der Waals surface area contributed by atoms with Gasteiger partial charge in [0.05, 0.1) is 5.56 Å². The normalized spacial score (nSPS) is 20.8. The second-order valence-electron chi connectivity index (χ2n) is 2.85. The van der Waals surface area contributed by atoms with Gasteiger partial charge in [0.15, 0.2) is 6.10 Å². The molecule has 0 fully saturated rings. The summed E-state index contributed by atoms with van der Waals surface area (Å²) in [5.41, 5.74) is 2.54. The van der Waals surface area contributed by atoms with Crippen molar-refractivity contribution in [2.75, 3.05) is 0 Å². The Hall–Kier alpha value is -1.41. The zero-order chi connectivity index (χ0) is 8.55. The maximum absolute atomic E-state index is 9.38. The minimum atomic E-state index is -0.625. The van der Waals surface area contributed by atoms with Crippen molar-refractivity contribution >= 4 is 11.8 Å². The van der Waals surface area contributed by atoms with Crippen LogP contribution in [0.5, 0.6) is 0 Å². The Labute approximate surface area is 70.7 Å². The van der Waals surface area contributed by atoms with Crippen LogP contribution in [0.2, 0.25) is 0 Å². The van der Waals surface area contributed by atoms with Gasteiger partial charge in [0.2, 0.25) is 5.71 Å². The Morgan fingerprint density at radius 2 is 2.00 bits per heavy atom. The fourth-order valence-electron chi connectivity index (χ4n) is 1.36. The first-order valence-corrected chi connectivity index (χ1v) is 3.87. The highest BCUT2D eigenvalue weighted by atomic mass is 16.3. The van der Waals surface area contributed by atoms with E-state index >= 15 is 0 Å². The number of fused-ring (bicyclic) bond motifs is 1. The SMILES string of the molecule is [NH2+]=C1c2ccccc2C=CC1O. The molecule has 0 aromatic heterocycles. The molecule has 1 aliphatic carbocycles. The van der Waals surface area contributed by atoms with Crippen molar-refractivity contribution in [2.45, 2.75) is 6.10 Å². The number of nitrogens with two attached hydrogens (primary N) is 1. The molecule has 2 rings (SSSR count). The number of aliphatic hydroxyl groups is 1. The fraction of sp³-hybridized carbons (Fsp3) is 0.100. The van der Waals surface area contributed by atoms with Crippen LogP contribution < -0.4 is 5.41 Å². The topological polar surface area (TPSA) is 45.8 Å². The van der Waals surface area contributed by atoms with Gasteiger partial charge in [-0.3, -0.25) is 5.41 Å². The summed E-state index contributed by atoms with van der Waals surface area (Å²) in [5.74, 6) is 0. The predicted molar refractivity (Wildman–Crippen MR) is 47.5 cm³/mol. The number of rotatable bonds is 0. The lowest BCUT2D eigenvalue weighted by molar-refractivity contribution is -0.120. The molecule has 2 heteroatoms. The molecule has 0 heterocycles. The third-order valence-electron chi connectivity index (χ3n) is 2.05. The van der Waals surface area contributed by atoms with Gasteiger partial charge in [0, 0.05) is 0 Å². The van der Waals surface area contributed by atoms with Gasteiger partial charge in [-0.2, -0.15) is 0 Å². The van der Waals surface area contributed by atoms with Crippen LogP contribution in [0.25, 0.3) is 6.08 Å². The van der Waals surface area contributed by atoms with Crippen LogP contribution in [0.4, 0.5) is 0 Å². The van der Waals surface area contributed by atoms with Gasteiger partial charge >= 0.3 is 0 Å². The van der Waals surface area contributed by atoms with Crippen molar-refractivity contribution in [3.63, 3.8) is 0 Å². The van der Waals surface area contributed by atoms with E-state index in [1.54, 1.807) is 6.08 Å². The predicted octanol–water partition coefficient (Wildman–Crippen LogP) is -0.378. The Kier molecular flexibility index (Phi) is 1.55. The number of hydrogen-bond acceptors (Lipinski definition) is 1. The van der Waals surface area contributed by atoms with Crippen LogP contribution in [0.1, 0.15) is 11.1 Å². The van der Waals surface area contributed by atoms with E-state index in [0.29, 0.717) is 5.71 Å². The van der Waals surface area contributed by atoms with Crippen molar-refractivity contribution in [3.05, 3.63) is 41.5 Å². The van der Waals surface area contributed by atoms with Crippen molar-refractivity contribution < 1.29 is 10.5 Å². The molecular weight excluding hydrogens is 150 g/mol. The summed E-state index contributed by atoms with van der Waals surface area (Å²) in [4.78, 5) is 0. The molecule has 1 aliphatic rings. The highest BCUT2D eigenvalue weighted by Crippen LogP contribution is 2.16. The molecule has 60 valence electrons. The number of hydrogen-bond donors (Lipinski definition) is 2. The average Bonchev–Trinajstić information content (AvgIpc) is 2.12. The van der Waals surface area contributed by atoms with Crippen LogP contribution in [0.3, 0.4) is 0 Å². The first kappa shape index (κ1) is 7.25. The van der Waals surface area contributed by atoms with Crippen LogP contribution in [-0.4, -0.2) is 16.9 Å². The maximum atomic E-state index is 9.38. The summed E-state index contributed by atoms with van der Waals surface area (Å²) in [5, 5.41) is 15.1. The van der Waals surface area contributed by atoms with Gasteiger partial charge < -0.3 is 5.11 Å². The largest absolute Gasteiger partial charge is 0.378 e. The Morgan fingerprint density at radius 3 is 2.83 bits per heavy atom. The molecule has 1 aromatic carbocycles. The summed E-state index contributed by atoms with van der Waals surface area (Å²) in [6.45, 7) is 0. The average molecular weight is 160 g/mol. The van der Waals surface area contributed by atoms with Crippen LogP contribution in [0.15, 0.2) is 30.3 Å². The molecule has 0 aliphatic heterocycles. The Balaban J connectivity index is 2.59. The molecule has 0 spiro atoms. The van der Waals surface area contributed by atoms with E-state index in [4.69, 9.17) is 5.41 Å². The molecule has 1 unspecified atom stereocenters. The van der Waals surface area contributed by atoms with E-state index in [0.717, 1.165) is 11.1 Å². The maximum Gasteiger partial charge on any atom is 0.213 e. The van der Waals surface area contributed by atoms with Gasteiger partial charge in [0.1, 0.15) is 0 Å². The van der Waals surface area contributed by atoms with Gasteiger partial charge in [-0.1, -0.05) is 24.3 Å². The molecule has 0 radical (unpaired) electrons. The number of benzene rings is 1. The van der Waals surface area contributed by atoms with E-state index in [9.17, 15) is 5.11 Å². The molecule has 1 aromatic rings. The van der Waals surface area contributed by atoms with Crippen LogP contribution in [0, 0.1) is 0 Å². The minimum Gasteiger partial charge on any atom is -0.378 e. The van der Waals surface area contributed by atoms with Crippen LogP contribution in [-0.2, 0) is 0 Å². The van der Waals surface area contributed by atoms with Gasteiger partial charge in [-0.15, -0.1) is 0 Å². The lowest BCUT2D eigenvalue weighted by atomic mass is 9.94. The van der Waals surface area contributed by atoms with E-state index in [1.807, 2.05) is 30.3 Å². The summed E-state index contributed by atoms with van der Waals surface area (Å²) < 4.78 is 0. The standard InChI is InChI=1S/C10H9NO/c11-10-8-4-2-1-3-7(8)5-6-9(10)12/h1-6,9,11-12H/p+1. The summed E-state index contributed by atoms with van der Waals surface area (Å²) in [6.07, 6.45) is 2.95. The molecular formula is C10H10NO+. The molecule has 12 heavy (non-hydrogen) atoms.